The molecule has 0 aromatic carbocycles. The van der Waals surface area contributed by atoms with Crippen LogP contribution >= 0.6 is 0 Å². The van der Waals surface area contributed by atoms with Crippen LogP contribution in [0.1, 0.15) is 71.6 Å². The number of ketones is 2. The van der Waals surface area contributed by atoms with Crippen molar-refractivity contribution < 1.29 is 14.3 Å². The molecule has 5 aliphatic rings. The molecule has 0 amide bonds. The quantitative estimate of drug-likeness (QED) is 0.644. The van der Waals surface area contributed by atoms with Gasteiger partial charge >= 0.3 is 0 Å². The van der Waals surface area contributed by atoms with Crippen LogP contribution in [0, 0.1) is 22.7 Å². The number of rotatable bonds is 0. The maximum Gasteiger partial charge on any atom is 0.141 e. The van der Waals surface area contributed by atoms with Gasteiger partial charge in [-0.05, 0) is 62.7 Å². The fourth-order valence-corrected chi connectivity index (χ4v) is 7.35. The van der Waals surface area contributed by atoms with E-state index in [2.05, 4.69) is 13.8 Å². The number of hydrogen-bond donors (Lipinski definition) is 0. The summed E-state index contributed by atoms with van der Waals surface area (Å²) in [4.78, 5) is 24.4. The van der Waals surface area contributed by atoms with Crippen molar-refractivity contribution in [3.63, 3.8) is 0 Å². The molecule has 4 saturated carbocycles. The Kier molecular flexibility index (Phi) is 2.30. The Morgan fingerprint density at radius 1 is 1.00 bits per heavy atom. The molecule has 1 aliphatic heterocycles. The molecule has 0 aromatic heterocycles. The average molecular weight is 302 g/mol. The molecule has 1 heterocycles. The van der Waals surface area contributed by atoms with E-state index in [9.17, 15) is 9.59 Å². The van der Waals surface area contributed by atoms with Gasteiger partial charge in [-0.3, -0.25) is 9.59 Å². The third-order valence-electron chi connectivity index (χ3n) is 8.71. The summed E-state index contributed by atoms with van der Waals surface area (Å²) >= 11 is 0. The van der Waals surface area contributed by atoms with Gasteiger partial charge < -0.3 is 4.74 Å². The normalized spacial score (nSPS) is 59.4. The zero-order chi connectivity index (χ0) is 15.4. The number of hydrogen-bond acceptors (Lipinski definition) is 3. The zero-order valence-electron chi connectivity index (χ0n) is 13.7. The van der Waals surface area contributed by atoms with Gasteiger partial charge in [0.1, 0.15) is 22.8 Å². The van der Waals surface area contributed by atoms with E-state index in [0.717, 1.165) is 51.4 Å². The topological polar surface area (TPSA) is 46.7 Å². The molecule has 4 aliphatic carbocycles. The number of ether oxygens (including phenoxy) is 1. The minimum absolute atomic E-state index is 0.0300. The van der Waals surface area contributed by atoms with Crippen LogP contribution < -0.4 is 0 Å². The summed E-state index contributed by atoms with van der Waals surface area (Å²) in [6.07, 6.45) is 8.53. The van der Waals surface area contributed by atoms with Crippen molar-refractivity contribution in [2.45, 2.75) is 82.8 Å². The fourth-order valence-electron chi connectivity index (χ4n) is 7.35. The SMILES string of the molecule is C[C@]12CCC(=O)C[C@@H]1CC[C@]13O[C@]14CCC(=O)[C@]4(C)CC[C@@H]23. The lowest BCUT2D eigenvalue weighted by Crippen LogP contribution is -2.58. The monoisotopic (exact) mass is 302 g/mol. The van der Waals surface area contributed by atoms with Crippen molar-refractivity contribution >= 4 is 11.6 Å². The lowest BCUT2D eigenvalue weighted by atomic mass is 9.45. The van der Waals surface area contributed by atoms with Crippen LogP contribution in [-0.2, 0) is 14.3 Å². The Morgan fingerprint density at radius 3 is 2.64 bits per heavy atom. The van der Waals surface area contributed by atoms with Crippen LogP contribution in [0.4, 0.5) is 0 Å². The smallest absolute Gasteiger partial charge is 0.141 e. The second-order valence-electron chi connectivity index (χ2n) is 9.15. The van der Waals surface area contributed by atoms with Crippen LogP contribution in [0.2, 0.25) is 0 Å². The fraction of sp³-hybridized carbons (Fsp3) is 0.895. The highest BCUT2D eigenvalue weighted by molar-refractivity contribution is 5.90. The summed E-state index contributed by atoms with van der Waals surface area (Å²) in [5.74, 6) is 2.01. The molecule has 5 rings (SSSR count). The van der Waals surface area contributed by atoms with E-state index in [1.165, 1.54) is 0 Å². The molecule has 2 spiro atoms. The van der Waals surface area contributed by atoms with Gasteiger partial charge in [-0.25, -0.2) is 0 Å². The van der Waals surface area contributed by atoms with E-state index < -0.39 is 0 Å². The molecule has 0 bridgehead atoms. The maximum absolute atomic E-state index is 12.5. The Balaban J connectivity index is 1.57. The van der Waals surface area contributed by atoms with Gasteiger partial charge in [0.25, 0.3) is 0 Å². The standard InChI is InChI=1S/C19H26O3/c1-16-7-4-13(20)11-12(16)3-9-18-14(16)5-8-17(2)15(21)6-10-19(17,18)22-18/h12,14H,3-11H2,1-2H3/t12-,14-,16-,17-,18+,19-/m0/s1. The van der Waals surface area contributed by atoms with Crippen LogP contribution in [-0.4, -0.2) is 22.8 Å². The second kappa shape index (κ2) is 3.68. The molecular formula is C19H26O3. The van der Waals surface area contributed by atoms with Gasteiger partial charge in [-0.1, -0.05) is 6.92 Å². The van der Waals surface area contributed by atoms with E-state index >= 15 is 0 Å². The minimum Gasteiger partial charge on any atom is -0.361 e. The van der Waals surface area contributed by atoms with Gasteiger partial charge in [-0.15, -0.1) is 0 Å². The molecule has 0 radical (unpaired) electrons. The third-order valence-corrected chi connectivity index (χ3v) is 8.71. The lowest BCUT2D eigenvalue weighted by Gasteiger charge is -2.56. The van der Waals surface area contributed by atoms with Crippen molar-refractivity contribution in [1.82, 2.24) is 0 Å². The minimum atomic E-state index is -0.225. The van der Waals surface area contributed by atoms with E-state index in [0.29, 0.717) is 29.8 Å². The Labute approximate surface area is 132 Å². The number of carbonyl (C=O) groups is 2. The molecule has 0 N–H and O–H groups in total. The third kappa shape index (κ3) is 1.20. The van der Waals surface area contributed by atoms with E-state index in [1.54, 1.807) is 0 Å². The first-order valence-corrected chi connectivity index (χ1v) is 9.13. The van der Waals surface area contributed by atoms with Crippen LogP contribution in [0.3, 0.4) is 0 Å². The van der Waals surface area contributed by atoms with E-state index in [-0.39, 0.29) is 22.0 Å². The van der Waals surface area contributed by atoms with Crippen molar-refractivity contribution in [3.05, 3.63) is 0 Å². The summed E-state index contributed by atoms with van der Waals surface area (Å²) in [5, 5.41) is 0. The maximum atomic E-state index is 12.5. The van der Waals surface area contributed by atoms with Crippen LogP contribution in [0.5, 0.6) is 0 Å². The Hall–Kier alpha value is -0.700. The van der Waals surface area contributed by atoms with Gasteiger partial charge in [0.05, 0.1) is 5.41 Å². The predicted molar refractivity (Wildman–Crippen MR) is 81.3 cm³/mol. The highest BCUT2D eigenvalue weighted by Crippen LogP contribution is 2.79. The second-order valence-corrected chi connectivity index (χ2v) is 9.15. The van der Waals surface area contributed by atoms with E-state index in [4.69, 9.17) is 4.74 Å². The Bertz CT molecular complexity index is 597. The summed E-state index contributed by atoms with van der Waals surface area (Å²) in [6.45, 7) is 4.59. The van der Waals surface area contributed by atoms with Gasteiger partial charge in [0.2, 0.25) is 0 Å². The molecule has 0 unspecified atom stereocenters. The highest BCUT2D eigenvalue weighted by atomic mass is 16.6. The molecule has 6 atom stereocenters. The van der Waals surface area contributed by atoms with Crippen LogP contribution in [0.15, 0.2) is 0 Å². The highest BCUT2D eigenvalue weighted by Gasteiger charge is 2.86. The van der Waals surface area contributed by atoms with Gasteiger partial charge in [0, 0.05) is 19.3 Å². The first-order valence-electron chi connectivity index (χ1n) is 9.13. The summed E-state index contributed by atoms with van der Waals surface area (Å²) in [7, 11) is 0. The average Bonchev–Trinajstić information content (AvgIpc) is 3.09. The number of carbonyl (C=O) groups excluding carboxylic acids is 2. The molecule has 5 fully saturated rings. The largest absolute Gasteiger partial charge is 0.361 e. The zero-order valence-corrected chi connectivity index (χ0v) is 13.7. The first-order chi connectivity index (χ1) is 10.4. The predicted octanol–water partition coefficient (Wildman–Crippen LogP) is 3.44. The van der Waals surface area contributed by atoms with E-state index in [1.807, 2.05) is 0 Å². The first kappa shape index (κ1) is 13.7. The molecule has 0 aromatic rings. The summed E-state index contributed by atoms with van der Waals surface area (Å²) < 4.78 is 6.59. The molecule has 120 valence electrons. The van der Waals surface area contributed by atoms with Crippen LogP contribution in [0.25, 0.3) is 0 Å². The van der Waals surface area contributed by atoms with Crippen molar-refractivity contribution in [1.29, 1.82) is 0 Å². The molecule has 1 saturated heterocycles. The number of epoxide rings is 1. The molecule has 22 heavy (non-hydrogen) atoms. The van der Waals surface area contributed by atoms with Gasteiger partial charge in [-0.2, -0.15) is 0 Å². The lowest BCUT2D eigenvalue weighted by molar-refractivity contribution is -0.134. The van der Waals surface area contributed by atoms with Crippen molar-refractivity contribution in [3.8, 4) is 0 Å². The molecular weight excluding hydrogens is 276 g/mol. The number of Topliss-reactive ketones (excluding diaryl/α,β-unsaturated/α-hetero) is 2. The Morgan fingerprint density at radius 2 is 1.82 bits per heavy atom. The van der Waals surface area contributed by atoms with Crippen molar-refractivity contribution in [2.24, 2.45) is 22.7 Å². The van der Waals surface area contributed by atoms with Crippen molar-refractivity contribution in [2.75, 3.05) is 0 Å². The van der Waals surface area contributed by atoms with Gasteiger partial charge in [0.15, 0.2) is 0 Å². The molecule has 3 nitrogen and oxygen atoms in total. The number of fused-ring (bicyclic) bond motifs is 2. The summed E-state index contributed by atoms with van der Waals surface area (Å²) in [6, 6.07) is 0. The molecule has 3 heteroatoms. The summed E-state index contributed by atoms with van der Waals surface area (Å²) in [5.41, 5.74) is -0.146.